The molecule has 5 nitrogen and oxygen atoms in total. The number of carbonyl (C=O) groups is 3. The fourth-order valence-electron chi connectivity index (χ4n) is 3.05. The van der Waals surface area contributed by atoms with Gasteiger partial charge in [0.1, 0.15) is 6.29 Å². The van der Waals surface area contributed by atoms with Crippen molar-refractivity contribution in [2.45, 2.75) is 13.8 Å². The average molecular weight is 440 g/mol. The third-order valence-corrected chi connectivity index (χ3v) is 4.91. The van der Waals surface area contributed by atoms with Crippen LogP contribution in [-0.4, -0.2) is 29.2 Å². The smallest absolute Gasteiger partial charge is 0.338 e. The number of halogens is 1. The van der Waals surface area contributed by atoms with Gasteiger partial charge < -0.3 is 9.30 Å². The molecule has 0 fully saturated rings. The van der Waals surface area contributed by atoms with E-state index in [0.717, 1.165) is 21.5 Å². The number of aromatic nitrogens is 1. The zero-order chi connectivity index (χ0) is 20.3. The van der Waals surface area contributed by atoms with Crippen molar-refractivity contribution in [1.82, 2.24) is 4.57 Å². The van der Waals surface area contributed by atoms with Gasteiger partial charge in [-0.3, -0.25) is 9.59 Å². The normalized spacial score (nSPS) is 10.5. The van der Waals surface area contributed by atoms with Crippen molar-refractivity contribution >= 4 is 34.0 Å². The highest BCUT2D eigenvalue weighted by Crippen LogP contribution is 2.23. The van der Waals surface area contributed by atoms with Crippen molar-refractivity contribution in [3.8, 4) is 5.69 Å². The summed E-state index contributed by atoms with van der Waals surface area (Å²) >= 11 is 3.46. The van der Waals surface area contributed by atoms with Gasteiger partial charge in [0.05, 0.1) is 5.56 Å². The van der Waals surface area contributed by atoms with Crippen molar-refractivity contribution in [2.75, 3.05) is 6.61 Å². The second kappa shape index (κ2) is 8.35. The number of rotatable bonds is 6. The summed E-state index contributed by atoms with van der Waals surface area (Å²) in [5.41, 5.74) is 3.91. The summed E-state index contributed by atoms with van der Waals surface area (Å²) in [5, 5.41) is 0. The number of ketones is 1. The first kappa shape index (κ1) is 19.8. The van der Waals surface area contributed by atoms with Gasteiger partial charge in [-0.15, -0.1) is 0 Å². The summed E-state index contributed by atoms with van der Waals surface area (Å²) in [6.45, 7) is 3.43. The van der Waals surface area contributed by atoms with Gasteiger partial charge in [0.2, 0.25) is 5.78 Å². The van der Waals surface area contributed by atoms with Gasteiger partial charge in [-0.25, -0.2) is 4.79 Å². The topological polar surface area (TPSA) is 65.4 Å². The maximum absolute atomic E-state index is 12.6. The van der Waals surface area contributed by atoms with Crippen LogP contribution in [0.5, 0.6) is 0 Å². The molecule has 0 bridgehead atoms. The molecule has 3 aromatic rings. The van der Waals surface area contributed by atoms with Gasteiger partial charge in [-0.1, -0.05) is 34.1 Å². The van der Waals surface area contributed by atoms with E-state index in [1.807, 2.05) is 42.7 Å². The Morgan fingerprint density at radius 2 is 1.79 bits per heavy atom. The molecule has 28 heavy (non-hydrogen) atoms. The lowest BCUT2D eigenvalue weighted by atomic mass is 10.1. The van der Waals surface area contributed by atoms with Gasteiger partial charge >= 0.3 is 5.97 Å². The van der Waals surface area contributed by atoms with Crippen molar-refractivity contribution in [1.29, 1.82) is 0 Å². The lowest BCUT2D eigenvalue weighted by Gasteiger charge is -2.10. The number of benzene rings is 2. The first-order valence-corrected chi connectivity index (χ1v) is 9.40. The van der Waals surface area contributed by atoms with Gasteiger partial charge in [0.25, 0.3) is 0 Å². The van der Waals surface area contributed by atoms with Crippen LogP contribution in [0.3, 0.4) is 0 Å². The standard InChI is InChI=1S/C22H18BrNO4/c1-14-10-20(15(2)24(14)19-5-3-4-18(23)11-19)21(26)13-28-22(27)17-8-6-16(12-25)7-9-17/h3-12H,13H2,1-2H3. The number of nitrogens with zero attached hydrogens (tertiary/aromatic N) is 1. The molecule has 0 saturated carbocycles. The van der Waals surface area contributed by atoms with E-state index in [9.17, 15) is 14.4 Å². The molecule has 3 rings (SSSR count). The molecule has 0 spiro atoms. The Hall–Kier alpha value is -2.99. The lowest BCUT2D eigenvalue weighted by molar-refractivity contribution is 0.0474. The number of hydrogen-bond donors (Lipinski definition) is 0. The summed E-state index contributed by atoms with van der Waals surface area (Å²) in [6, 6.07) is 15.6. The van der Waals surface area contributed by atoms with Crippen LogP contribution >= 0.6 is 15.9 Å². The molecule has 0 aliphatic carbocycles. The summed E-state index contributed by atoms with van der Waals surface area (Å²) < 4.78 is 8.08. The van der Waals surface area contributed by atoms with Crippen LogP contribution in [0.15, 0.2) is 59.1 Å². The van der Waals surface area contributed by atoms with Crippen molar-refractivity contribution in [3.63, 3.8) is 0 Å². The van der Waals surface area contributed by atoms with Crippen LogP contribution in [0.4, 0.5) is 0 Å². The molecule has 142 valence electrons. The number of esters is 1. The summed E-state index contributed by atoms with van der Waals surface area (Å²) in [5.74, 6) is -0.876. The number of hydrogen-bond acceptors (Lipinski definition) is 4. The molecule has 2 aromatic carbocycles. The summed E-state index contributed by atoms with van der Waals surface area (Å²) in [4.78, 5) is 35.4. The molecule has 1 aromatic heterocycles. The minimum absolute atomic E-state index is 0.271. The number of Topliss-reactive ketones (excluding diaryl/α,β-unsaturated/α-hetero) is 1. The Morgan fingerprint density at radius 3 is 2.43 bits per heavy atom. The summed E-state index contributed by atoms with van der Waals surface area (Å²) in [7, 11) is 0. The van der Waals surface area contributed by atoms with Crippen molar-refractivity contribution in [2.24, 2.45) is 0 Å². The summed E-state index contributed by atoms with van der Waals surface area (Å²) in [6.07, 6.45) is 0.694. The van der Waals surface area contributed by atoms with Gasteiger partial charge in [-0.05, 0) is 50.2 Å². The maximum Gasteiger partial charge on any atom is 0.338 e. The first-order chi connectivity index (χ1) is 13.4. The monoisotopic (exact) mass is 439 g/mol. The SMILES string of the molecule is Cc1cc(C(=O)COC(=O)c2ccc(C=O)cc2)c(C)n1-c1cccc(Br)c1. The Balaban J connectivity index is 1.75. The third kappa shape index (κ3) is 4.12. The minimum atomic E-state index is -0.605. The van der Waals surface area contributed by atoms with E-state index in [2.05, 4.69) is 15.9 Å². The van der Waals surface area contributed by atoms with Crippen LogP contribution in [0.1, 0.15) is 42.5 Å². The van der Waals surface area contributed by atoms with E-state index in [-0.39, 0.29) is 18.0 Å². The minimum Gasteiger partial charge on any atom is -0.454 e. The molecule has 0 N–H and O–H groups in total. The van der Waals surface area contributed by atoms with Crippen LogP contribution in [0, 0.1) is 13.8 Å². The molecule has 0 radical (unpaired) electrons. The Bertz CT molecular complexity index is 1050. The average Bonchev–Trinajstić information content (AvgIpc) is 3.00. The number of aryl methyl sites for hydroxylation is 1. The third-order valence-electron chi connectivity index (χ3n) is 4.41. The Labute approximate surface area is 171 Å². The quantitative estimate of drug-likeness (QED) is 0.317. The largest absolute Gasteiger partial charge is 0.454 e. The Morgan fingerprint density at radius 1 is 1.07 bits per heavy atom. The van der Waals surface area contributed by atoms with E-state index in [1.54, 1.807) is 6.07 Å². The lowest BCUT2D eigenvalue weighted by Crippen LogP contribution is -2.15. The van der Waals surface area contributed by atoms with Crippen LogP contribution in [-0.2, 0) is 4.74 Å². The fraction of sp³-hybridized carbons (Fsp3) is 0.136. The van der Waals surface area contributed by atoms with E-state index in [1.165, 1.54) is 24.3 Å². The molecule has 0 unspecified atom stereocenters. The van der Waals surface area contributed by atoms with Gasteiger partial charge in [0, 0.05) is 32.7 Å². The zero-order valence-electron chi connectivity index (χ0n) is 15.4. The van der Waals surface area contributed by atoms with Crippen LogP contribution in [0.2, 0.25) is 0 Å². The van der Waals surface area contributed by atoms with E-state index < -0.39 is 5.97 Å². The molecule has 0 aliphatic heterocycles. The molecule has 0 saturated heterocycles. The van der Waals surface area contributed by atoms with E-state index >= 15 is 0 Å². The van der Waals surface area contributed by atoms with Gasteiger partial charge in [0.15, 0.2) is 6.61 Å². The maximum atomic E-state index is 12.6. The Kier molecular flexibility index (Phi) is 5.90. The van der Waals surface area contributed by atoms with E-state index in [4.69, 9.17) is 4.74 Å². The predicted octanol–water partition coefficient (Wildman–Crippen LogP) is 4.71. The highest BCUT2D eigenvalue weighted by molar-refractivity contribution is 9.10. The molecule has 0 amide bonds. The van der Waals surface area contributed by atoms with Crippen molar-refractivity contribution in [3.05, 3.63) is 87.1 Å². The molecular weight excluding hydrogens is 422 g/mol. The second-order valence-electron chi connectivity index (χ2n) is 6.34. The molecule has 0 aliphatic rings. The number of ether oxygens (including phenoxy) is 1. The second-order valence-corrected chi connectivity index (χ2v) is 7.25. The first-order valence-electron chi connectivity index (χ1n) is 8.61. The van der Waals surface area contributed by atoms with E-state index in [0.29, 0.717) is 17.4 Å². The van der Waals surface area contributed by atoms with Crippen LogP contribution in [0.25, 0.3) is 5.69 Å². The highest BCUT2D eigenvalue weighted by Gasteiger charge is 2.18. The molecule has 0 atom stereocenters. The highest BCUT2D eigenvalue weighted by atomic mass is 79.9. The zero-order valence-corrected chi connectivity index (χ0v) is 17.0. The van der Waals surface area contributed by atoms with Crippen LogP contribution < -0.4 is 0 Å². The predicted molar refractivity (Wildman–Crippen MR) is 109 cm³/mol. The van der Waals surface area contributed by atoms with Crippen molar-refractivity contribution < 1.29 is 19.1 Å². The number of aldehydes is 1. The molecular formula is C22H18BrNO4. The molecule has 6 heteroatoms. The fourth-order valence-corrected chi connectivity index (χ4v) is 3.43. The number of carbonyl (C=O) groups excluding carboxylic acids is 3. The van der Waals surface area contributed by atoms with Gasteiger partial charge in [-0.2, -0.15) is 0 Å². The molecule has 1 heterocycles.